The van der Waals surface area contributed by atoms with E-state index in [9.17, 15) is 9.59 Å². The molecule has 0 radical (unpaired) electrons. The third kappa shape index (κ3) is 3.68. The van der Waals surface area contributed by atoms with Crippen LogP contribution in [-0.4, -0.2) is 29.7 Å². The van der Waals surface area contributed by atoms with Gasteiger partial charge in [0.15, 0.2) is 0 Å². The number of ketones is 1. The van der Waals surface area contributed by atoms with Gasteiger partial charge >= 0.3 is 0 Å². The first-order valence-corrected chi connectivity index (χ1v) is 7.35. The van der Waals surface area contributed by atoms with Gasteiger partial charge in [-0.15, -0.1) is 13.2 Å². The fourth-order valence-electron chi connectivity index (χ4n) is 2.99. The number of hydrogen-bond acceptors (Lipinski definition) is 2. The molecule has 108 valence electrons. The van der Waals surface area contributed by atoms with Gasteiger partial charge in [-0.1, -0.05) is 13.8 Å². The molecule has 3 heteroatoms. The Morgan fingerprint density at radius 3 is 2.26 bits per heavy atom. The lowest BCUT2D eigenvalue weighted by atomic mass is 9.72. The minimum absolute atomic E-state index is 0.162. The zero-order valence-electron chi connectivity index (χ0n) is 12.4. The standard InChI is InChI=1S/C14H23NO2.C2H4/c1-11(2)5-9-15-10-8-14(13(15)17)6-3-12(16)4-7-14;1-2/h11H,3-10H2,1-2H3;1-2H2. The number of likely N-dealkylation sites (tertiary alicyclic amines) is 1. The van der Waals surface area contributed by atoms with Crippen molar-refractivity contribution in [2.75, 3.05) is 13.1 Å². The quantitative estimate of drug-likeness (QED) is 0.735. The maximum absolute atomic E-state index is 12.4. The molecule has 0 atom stereocenters. The normalized spacial score (nSPS) is 21.7. The van der Waals surface area contributed by atoms with Gasteiger partial charge in [0.2, 0.25) is 5.91 Å². The van der Waals surface area contributed by atoms with Crippen LogP contribution in [0.5, 0.6) is 0 Å². The van der Waals surface area contributed by atoms with Gasteiger partial charge in [0.05, 0.1) is 5.41 Å². The summed E-state index contributed by atoms with van der Waals surface area (Å²) in [6, 6.07) is 0. The Balaban J connectivity index is 0.000000861. The molecule has 1 saturated carbocycles. The van der Waals surface area contributed by atoms with Crippen LogP contribution in [0, 0.1) is 11.3 Å². The van der Waals surface area contributed by atoms with Crippen molar-refractivity contribution in [3.63, 3.8) is 0 Å². The van der Waals surface area contributed by atoms with E-state index in [0.29, 0.717) is 30.4 Å². The van der Waals surface area contributed by atoms with Gasteiger partial charge in [-0.3, -0.25) is 9.59 Å². The summed E-state index contributed by atoms with van der Waals surface area (Å²) in [6.45, 7) is 12.2. The number of nitrogens with zero attached hydrogens (tertiary/aromatic N) is 1. The summed E-state index contributed by atoms with van der Waals surface area (Å²) in [5.74, 6) is 1.31. The molecule has 0 aromatic carbocycles. The summed E-state index contributed by atoms with van der Waals surface area (Å²) in [7, 11) is 0. The zero-order valence-corrected chi connectivity index (χ0v) is 12.4. The van der Waals surface area contributed by atoms with Crippen molar-refractivity contribution in [1.29, 1.82) is 0 Å². The topological polar surface area (TPSA) is 37.4 Å². The Morgan fingerprint density at radius 1 is 1.16 bits per heavy atom. The highest BCUT2D eigenvalue weighted by molar-refractivity contribution is 5.88. The van der Waals surface area contributed by atoms with Crippen LogP contribution in [0.15, 0.2) is 13.2 Å². The molecule has 0 N–H and O–H groups in total. The molecule has 3 nitrogen and oxygen atoms in total. The van der Waals surface area contributed by atoms with Crippen LogP contribution in [0.4, 0.5) is 0 Å². The average molecular weight is 265 g/mol. The highest BCUT2D eigenvalue weighted by Crippen LogP contribution is 2.43. The summed E-state index contributed by atoms with van der Waals surface area (Å²) >= 11 is 0. The first-order chi connectivity index (χ1) is 9.03. The Labute approximate surface area is 117 Å². The predicted molar refractivity (Wildman–Crippen MR) is 77.8 cm³/mol. The minimum Gasteiger partial charge on any atom is -0.342 e. The molecular weight excluding hydrogens is 238 g/mol. The molecule has 2 fully saturated rings. The molecule has 0 bridgehead atoms. The van der Waals surface area contributed by atoms with Crippen LogP contribution < -0.4 is 0 Å². The van der Waals surface area contributed by atoms with Crippen molar-refractivity contribution in [2.24, 2.45) is 11.3 Å². The smallest absolute Gasteiger partial charge is 0.228 e. The van der Waals surface area contributed by atoms with Crippen LogP contribution in [-0.2, 0) is 9.59 Å². The first kappa shape index (κ1) is 15.9. The second kappa shape index (κ2) is 6.88. The molecule has 0 aromatic rings. The molecule has 0 unspecified atom stereocenters. The fourth-order valence-corrected chi connectivity index (χ4v) is 2.99. The van der Waals surface area contributed by atoms with E-state index >= 15 is 0 Å². The molecule has 19 heavy (non-hydrogen) atoms. The van der Waals surface area contributed by atoms with Crippen LogP contribution >= 0.6 is 0 Å². The van der Waals surface area contributed by atoms with E-state index in [-0.39, 0.29) is 5.41 Å². The Hall–Kier alpha value is -1.12. The van der Waals surface area contributed by atoms with E-state index < -0.39 is 0 Å². The lowest BCUT2D eigenvalue weighted by Gasteiger charge is -2.31. The second-order valence-electron chi connectivity index (χ2n) is 6.04. The molecule has 1 saturated heterocycles. The number of amides is 1. The highest BCUT2D eigenvalue weighted by atomic mass is 16.2. The minimum atomic E-state index is -0.162. The summed E-state index contributed by atoms with van der Waals surface area (Å²) in [6.07, 6.45) is 4.87. The van der Waals surface area contributed by atoms with Gasteiger partial charge in [0.1, 0.15) is 5.78 Å². The van der Waals surface area contributed by atoms with Crippen LogP contribution in [0.1, 0.15) is 52.4 Å². The molecule has 2 rings (SSSR count). The van der Waals surface area contributed by atoms with Gasteiger partial charge in [-0.05, 0) is 31.6 Å². The molecule has 2 aliphatic rings. The maximum Gasteiger partial charge on any atom is 0.228 e. The highest BCUT2D eigenvalue weighted by Gasteiger charge is 2.47. The summed E-state index contributed by atoms with van der Waals surface area (Å²) in [5, 5.41) is 0. The van der Waals surface area contributed by atoms with Crippen molar-refractivity contribution in [1.82, 2.24) is 4.90 Å². The average Bonchev–Trinajstić information content (AvgIpc) is 2.71. The Morgan fingerprint density at radius 2 is 1.74 bits per heavy atom. The molecule has 0 aromatic heterocycles. The second-order valence-corrected chi connectivity index (χ2v) is 6.04. The van der Waals surface area contributed by atoms with E-state index in [1.54, 1.807) is 0 Å². The van der Waals surface area contributed by atoms with Gasteiger partial charge in [-0.2, -0.15) is 0 Å². The lowest BCUT2D eigenvalue weighted by Crippen LogP contribution is -2.38. The number of carbonyl (C=O) groups is 2. The Bertz CT molecular complexity index is 326. The summed E-state index contributed by atoms with van der Waals surface area (Å²) in [5.41, 5.74) is -0.162. The molecule has 1 spiro atoms. The largest absolute Gasteiger partial charge is 0.342 e. The van der Waals surface area contributed by atoms with E-state index in [2.05, 4.69) is 27.0 Å². The summed E-state index contributed by atoms with van der Waals surface area (Å²) < 4.78 is 0. The first-order valence-electron chi connectivity index (χ1n) is 7.35. The number of hydrogen-bond donors (Lipinski definition) is 0. The lowest BCUT2D eigenvalue weighted by molar-refractivity contribution is -0.139. The molecule has 1 heterocycles. The van der Waals surface area contributed by atoms with E-state index in [1.165, 1.54) is 0 Å². The van der Waals surface area contributed by atoms with Crippen molar-refractivity contribution in [3.8, 4) is 0 Å². The van der Waals surface area contributed by atoms with Crippen molar-refractivity contribution < 1.29 is 9.59 Å². The monoisotopic (exact) mass is 265 g/mol. The molecule has 1 aliphatic heterocycles. The van der Waals surface area contributed by atoms with Crippen LogP contribution in [0.2, 0.25) is 0 Å². The molecular formula is C16H27NO2. The van der Waals surface area contributed by atoms with Gasteiger partial charge in [0.25, 0.3) is 0 Å². The Kier molecular flexibility index (Phi) is 5.77. The van der Waals surface area contributed by atoms with E-state index in [1.807, 2.05) is 4.90 Å². The van der Waals surface area contributed by atoms with Gasteiger partial charge < -0.3 is 4.90 Å². The van der Waals surface area contributed by atoms with E-state index in [4.69, 9.17) is 0 Å². The van der Waals surface area contributed by atoms with Crippen molar-refractivity contribution in [3.05, 3.63) is 13.2 Å². The van der Waals surface area contributed by atoms with E-state index in [0.717, 1.165) is 38.8 Å². The fraction of sp³-hybridized carbons (Fsp3) is 0.750. The molecule has 1 amide bonds. The van der Waals surface area contributed by atoms with Crippen LogP contribution in [0.25, 0.3) is 0 Å². The maximum atomic E-state index is 12.4. The predicted octanol–water partition coefficient (Wildman–Crippen LogP) is 3.20. The molecule has 1 aliphatic carbocycles. The zero-order chi connectivity index (χ0) is 14.5. The summed E-state index contributed by atoms with van der Waals surface area (Å²) in [4.78, 5) is 25.7. The third-order valence-electron chi connectivity index (χ3n) is 4.34. The van der Waals surface area contributed by atoms with Gasteiger partial charge in [-0.25, -0.2) is 0 Å². The van der Waals surface area contributed by atoms with Crippen molar-refractivity contribution >= 4 is 11.7 Å². The SMILES string of the molecule is C=C.CC(C)CCN1CCC2(CCC(=O)CC2)C1=O. The third-order valence-corrected chi connectivity index (χ3v) is 4.34. The van der Waals surface area contributed by atoms with Gasteiger partial charge in [0, 0.05) is 25.9 Å². The van der Waals surface area contributed by atoms with Crippen LogP contribution in [0.3, 0.4) is 0 Å². The number of rotatable bonds is 3. The number of Topliss-reactive ketones (excluding diaryl/α,β-unsaturated/α-hetero) is 1. The van der Waals surface area contributed by atoms with Crippen molar-refractivity contribution in [2.45, 2.75) is 52.4 Å². The number of carbonyl (C=O) groups excluding carboxylic acids is 2.